The van der Waals surface area contributed by atoms with E-state index in [1.807, 2.05) is 42.8 Å². The van der Waals surface area contributed by atoms with Crippen LogP contribution >= 0.6 is 15.9 Å². The smallest absolute Gasteiger partial charge is 0.343 e. The average Bonchev–Trinajstić information content (AvgIpc) is 3.29. The number of nitrogens with zero attached hydrogens (tertiary/aromatic N) is 4. The molecule has 0 bridgehead atoms. The normalized spacial score (nSPS) is 11.1. The molecular formula is C21H22BrN5O3. The highest BCUT2D eigenvalue weighted by Gasteiger charge is 2.21. The summed E-state index contributed by atoms with van der Waals surface area (Å²) in [5, 5.41) is 11.3. The van der Waals surface area contributed by atoms with Gasteiger partial charge >= 0.3 is 5.97 Å². The quantitative estimate of drug-likeness (QED) is 0.415. The van der Waals surface area contributed by atoms with Crippen LogP contribution in [-0.4, -0.2) is 38.0 Å². The Hall–Kier alpha value is -3.20. The van der Waals surface area contributed by atoms with Gasteiger partial charge in [0.05, 0.1) is 24.7 Å². The third kappa shape index (κ3) is 4.68. The van der Waals surface area contributed by atoms with E-state index in [1.165, 1.54) is 17.0 Å². The molecule has 0 unspecified atom stereocenters. The molecule has 2 heterocycles. The van der Waals surface area contributed by atoms with Crippen molar-refractivity contribution < 1.29 is 14.3 Å². The molecule has 8 nitrogen and oxygen atoms in total. The van der Waals surface area contributed by atoms with Crippen molar-refractivity contribution >= 4 is 39.7 Å². The summed E-state index contributed by atoms with van der Waals surface area (Å²) in [6.07, 6.45) is 6.18. The van der Waals surface area contributed by atoms with E-state index in [0.29, 0.717) is 5.69 Å². The van der Waals surface area contributed by atoms with E-state index in [-0.39, 0.29) is 18.0 Å². The number of carbonyl (C=O) groups is 2. The SMILES string of the molecule is CCOC(=O)c1cnn(-c2cccc(Br)c2)c1NC(=O)/C=C/c1cnn(CC)c1C. The number of rotatable bonds is 7. The Labute approximate surface area is 182 Å². The number of hydrogen-bond donors (Lipinski definition) is 1. The number of carbonyl (C=O) groups excluding carboxylic acids is 2. The number of amides is 1. The van der Waals surface area contributed by atoms with Crippen molar-refractivity contribution in [1.29, 1.82) is 0 Å². The van der Waals surface area contributed by atoms with Crippen molar-refractivity contribution in [3.8, 4) is 5.69 Å². The minimum absolute atomic E-state index is 0.175. The minimum atomic E-state index is -0.557. The molecule has 0 aliphatic rings. The molecule has 3 aromatic rings. The molecule has 0 spiro atoms. The highest BCUT2D eigenvalue weighted by atomic mass is 79.9. The van der Waals surface area contributed by atoms with E-state index in [9.17, 15) is 9.59 Å². The van der Waals surface area contributed by atoms with Gasteiger partial charge in [-0.1, -0.05) is 22.0 Å². The third-order valence-electron chi connectivity index (χ3n) is 4.41. The van der Waals surface area contributed by atoms with Gasteiger partial charge in [-0.05, 0) is 45.0 Å². The standard InChI is InChI=1S/C21H22BrN5O3/c1-4-26-14(3)15(12-23-26)9-10-19(28)25-20-18(21(29)30-5-2)13-24-27(20)17-8-6-7-16(22)11-17/h6-13H,4-5H2,1-3H3,(H,25,28)/b10-9+. The summed E-state index contributed by atoms with van der Waals surface area (Å²) in [7, 11) is 0. The van der Waals surface area contributed by atoms with Crippen molar-refractivity contribution in [3.63, 3.8) is 0 Å². The Morgan fingerprint density at radius 3 is 2.70 bits per heavy atom. The summed E-state index contributed by atoms with van der Waals surface area (Å²) in [5.74, 6) is -0.721. The molecule has 30 heavy (non-hydrogen) atoms. The number of halogens is 1. The minimum Gasteiger partial charge on any atom is -0.462 e. The highest BCUT2D eigenvalue weighted by molar-refractivity contribution is 9.10. The molecule has 0 saturated carbocycles. The number of nitrogens with one attached hydrogen (secondary N) is 1. The first kappa shape index (κ1) is 21.5. The van der Waals surface area contributed by atoms with Crippen molar-refractivity contribution in [2.75, 3.05) is 11.9 Å². The number of aromatic nitrogens is 4. The summed E-state index contributed by atoms with van der Waals surface area (Å²) in [4.78, 5) is 25.0. The topological polar surface area (TPSA) is 91.0 Å². The van der Waals surface area contributed by atoms with Crippen molar-refractivity contribution in [2.45, 2.75) is 27.3 Å². The van der Waals surface area contributed by atoms with E-state index in [2.05, 4.69) is 31.4 Å². The number of esters is 1. The first-order valence-corrected chi connectivity index (χ1v) is 10.3. The van der Waals surface area contributed by atoms with E-state index in [0.717, 1.165) is 22.3 Å². The number of hydrogen-bond acceptors (Lipinski definition) is 5. The van der Waals surface area contributed by atoms with Crippen LogP contribution in [0.15, 0.2) is 47.2 Å². The van der Waals surface area contributed by atoms with Gasteiger partial charge in [-0.3, -0.25) is 9.48 Å². The van der Waals surface area contributed by atoms with Crippen molar-refractivity contribution in [2.24, 2.45) is 0 Å². The molecule has 3 rings (SSSR count). The zero-order chi connectivity index (χ0) is 21.7. The Kier molecular flexibility index (Phi) is 6.83. The fourth-order valence-electron chi connectivity index (χ4n) is 2.90. The molecule has 1 amide bonds. The molecule has 0 radical (unpaired) electrons. The first-order valence-electron chi connectivity index (χ1n) is 9.47. The zero-order valence-electron chi connectivity index (χ0n) is 16.9. The Bertz CT molecular complexity index is 1100. The maximum Gasteiger partial charge on any atom is 0.343 e. The molecule has 2 aromatic heterocycles. The summed E-state index contributed by atoms with van der Waals surface area (Å²) in [6.45, 7) is 6.63. The lowest BCUT2D eigenvalue weighted by molar-refractivity contribution is -0.111. The number of benzene rings is 1. The fourth-order valence-corrected chi connectivity index (χ4v) is 3.28. The maximum atomic E-state index is 12.6. The number of anilines is 1. The largest absolute Gasteiger partial charge is 0.462 e. The van der Waals surface area contributed by atoms with Gasteiger partial charge in [-0.15, -0.1) is 0 Å². The van der Waals surface area contributed by atoms with Crippen LogP contribution in [0.4, 0.5) is 5.82 Å². The van der Waals surface area contributed by atoms with Crippen molar-refractivity contribution in [1.82, 2.24) is 19.6 Å². The Morgan fingerprint density at radius 1 is 1.23 bits per heavy atom. The molecular weight excluding hydrogens is 450 g/mol. The second-order valence-corrected chi connectivity index (χ2v) is 7.26. The molecule has 0 aliphatic carbocycles. The van der Waals surface area contributed by atoms with E-state index in [1.54, 1.807) is 19.2 Å². The second kappa shape index (κ2) is 9.53. The van der Waals surface area contributed by atoms with Gasteiger partial charge in [0.2, 0.25) is 5.91 Å². The van der Waals surface area contributed by atoms with Crippen LogP contribution in [0, 0.1) is 6.92 Å². The van der Waals surface area contributed by atoms with E-state index >= 15 is 0 Å². The summed E-state index contributed by atoms with van der Waals surface area (Å²) >= 11 is 3.42. The lowest BCUT2D eigenvalue weighted by Gasteiger charge is -2.10. The Morgan fingerprint density at radius 2 is 2.03 bits per heavy atom. The zero-order valence-corrected chi connectivity index (χ0v) is 18.5. The predicted molar refractivity (Wildman–Crippen MR) is 118 cm³/mol. The first-order chi connectivity index (χ1) is 14.4. The van der Waals surface area contributed by atoms with Crippen LogP contribution in [0.2, 0.25) is 0 Å². The van der Waals surface area contributed by atoms with Gasteiger partial charge in [-0.25, -0.2) is 9.48 Å². The van der Waals surface area contributed by atoms with Gasteiger partial charge in [0, 0.05) is 28.4 Å². The van der Waals surface area contributed by atoms with Crippen LogP contribution in [-0.2, 0) is 16.1 Å². The molecule has 0 saturated heterocycles. The lowest BCUT2D eigenvalue weighted by Crippen LogP contribution is -2.16. The molecule has 0 aliphatic heterocycles. The molecule has 9 heteroatoms. The molecule has 156 valence electrons. The third-order valence-corrected chi connectivity index (χ3v) is 4.91. The van der Waals surface area contributed by atoms with E-state index < -0.39 is 11.9 Å². The summed E-state index contributed by atoms with van der Waals surface area (Å²) in [6, 6.07) is 7.36. The van der Waals surface area contributed by atoms with Gasteiger partial charge in [0.25, 0.3) is 0 Å². The maximum absolute atomic E-state index is 12.6. The molecule has 0 fully saturated rings. The van der Waals surface area contributed by atoms with Crippen LogP contribution < -0.4 is 5.32 Å². The predicted octanol–water partition coefficient (Wildman–Crippen LogP) is 3.99. The molecule has 1 aromatic carbocycles. The number of aryl methyl sites for hydroxylation is 1. The van der Waals surface area contributed by atoms with Crippen LogP contribution in [0.5, 0.6) is 0 Å². The monoisotopic (exact) mass is 471 g/mol. The lowest BCUT2D eigenvalue weighted by atomic mass is 10.2. The van der Waals surface area contributed by atoms with Gasteiger partial charge in [0.15, 0.2) is 5.82 Å². The molecule has 0 atom stereocenters. The van der Waals surface area contributed by atoms with Gasteiger partial charge in [0.1, 0.15) is 5.56 Å². The summed E-state index contributed by atoms with van der Waals surface area (Å²) in [5.41, 5.74) is 2.67. The van der Waals surface area contributed by atoms with Gasteiger partial charge in [-0.2, -0.15) is 10.2 Å². The molecule has 1 N–H and O–H groups in total. The van der Waals surface area contributed by atoms with Crippen molar-refractivity contribution in [3.05, 3.63) is 64.0 Å². The van der Waals surface area contributed by atoms with E-state index in [4.69, 9.17) is 4.74 Å². The highest BCUT2D eigenvalue weighted by Crippen LogP contribution is 2.23. The number of ether oxygens (including phenoxy) is 1. The summed E-state index contributed by atoms with van der Waals surface area (Å²) < 4.78 is 9.28. The van der Waals surface area contributed by atoms with Crippen LogP contribution in [0.3, 0.4) is 0 Å². The Balaban J connectivity index is 1.91. The second-order valence-electron chi connectivity index (χ2n) is 6.34. The van der Waals surface area contributed by atoms with Gasteiger partial charge < -0.3 is 10.1 Å². The fraction of sp³-hybridized carbons (Fsp3) is 0.238. The van der Waals surface area contributed by atoms with Crippen LogP contribution in [0.1, 0.15) is 35.5 Å². The van der Waals surface area contributed by atoms with Crippen LogP contribution in [0.25, 0.3) is 11.8 Å². The average molecular weight is 472 g/mol.